The number of imidazole rings is 1. The molecular weight excluding hydrogens is 206 g/mol. The zero-order valence-electron chi connectivity index (χ0n) is 8.50. The number of hydrogen-bond acceptors (Lipinski definition) is 3. The van der Waals surface area contributed by atoms with Gasteiger partial charge < -0.3 is 10.4 Å². The Balaban J connectivity index is 1.93. The molecule has 0 spiro atoms. The third-order valence-electron chi connectivity index (χ3n) is 2.12. The van der Waals surface area contributed by atoms with Crippen molar-refractivity contribution in [3.05, 3.63) is 48.5 Å². The summed E-state index contributed by atoms with van der Waals surface area (Å²) in [5, 5.41) is 11.8. The van der Waals surface area contributed by atoms with Crippen molar-refractivity contribution in [2.24, 2.45) is 0 Å². The van der Waals surface area contributed by atoms with E-state index in [-0.39, 0.29) is 11.8 Å². The molecule has 0 bridgehead atoms. The van der Waals surface area contributed by atoms with Gasteiger partial charge in [0.25, 0.3) is 0 Å². The summed E-state index contributed by atoms with van der Waals surface area (Å²) in [6.45, 7) is 0.414. The summed E-state index contributed by atoms with van der Waals surface area (Å²) in [5.41, 5.74) is 0.922. The molecule has 1 heterocycles. The minimum absolute atomic E-state index is 0.213. The van der Waals surface area contributed by atoms with E-state index < -0.39 is 0 Å². The van der Waals surface area contributed by atoms with Crippen molar-refractivity contribution < 1.29 is 9.90 Å². The first kappa shape index (κ1) is 10.2. The van der Waals surface area contributed by atoms with Crippen LogP contribution in [0.3, 0.4) is 0 Å². The number of hydrogen-bond donors (Lipinski definition) is 2. The van der Waals surface area contributed by atoms with Gasteiger partial charge in [-0.05, 0) is 17.7 Å². The van der Waals surface area contributed by atoms with E-state index in [1.807, 2.05) is 0 Å². The zero-order valence-corrected chi connectivity index (χ0v) is 8.50. The molecule has 0 fully saturated rings. The van der Waals surface area contributed by atoms with Crippen LogP contribution in [0.1, 0.15) is 5.56 Å². The fourth-order valence-electron chi connectivity index (χ4n) is 1.26. The highest BCUT2D eigenvalue weighted by molar-refractivity contribution is 5.76. The number of nitrogens with zero attached hydrogens (tertiary/aromatic N) is 2. The quantitative estimate of drug-likeness (QED) is 0.797. The Kier molecular flexibility index (Phi) is 2.86. The Labute approximate surface area is 92.4 Å². The highest BCUT2D eigenvalue weighted by atomic mass is 16.3. The Morgan fingerprint density at radius 1 is 1.38 bits per heavy atom. The van der Waals surface area contributed by atoms with E-state index in [0.717, 1.165) is 5.56 Å². The topological polar surface area (TPSA) is 67.2 Å². The lowest BCUT2D eigenvalue weighted by molar-refractivity contribution is 0.242. The number of phenols is 1. The van der Waals surface area contributed by atoms with Crippen molar-refractivity contribution in [1.82, 2.24) is 14.9 Å². The standard InChI is InChI=1S/C11H11N3O2/c15-10-3-1-9(2-4-10)7-13-11(16)14-6-5-12-8-14/h1-6,8,15H,7H2,(H,13,16). The van der Waals surface area contributed by atoms with Gasteiger partial charge in [-0.1, -0.05) is 12.1 Å². The number of aromatic nitrogens is 2. The summed E-state index contributed by atoms with van der Waals surface area (Å²) in [7, 11) is 0. The maximum absolute atomic E-state index is 11.5. The van der Waals surface area contributed by atoms with Gasteiger partial charge in [-0.2, -0.15) is 0 Å². The number of amides is 1. The fourth-order valence-corrected chi connectivity index (χ4v) is 1.26. The van der Waals surface area contributed by atoms with E-state index in [1.54, 1.807) is 36.7 Å². The van der Waals surface area contributed by atoms with E-state index in [0.29, 0.717) is 6.54 Å². The van der Waals surface area contributed by atoms with Gasteiger partial charge in [-0.25, -0.2) is 9.78 Å². The molecular formula is C11H11N3O2. The second kappa shape index (κ2) is 4.48. The summed E-state index contributed by atoms with van der Waals surface area (Å²) < 4.78 is 1.36. The molecule has 16 heavy (non-hydrogen) atoms. The minimum atomic E-state index is -0.231. The van der Waals surface area contributed by atoms with Crippen molar-refractivity contribution in [2.45, 2.75) is 6.54 Å². The largest absolute Gasteiger partial charge is 0.508 e. The Morgan fingerprint density at radius 3 is 2.75 bits per heavy atom. The lowest BCUT2D eigenvalue weighted by atomic mass is 10.2. The number of nitrogens with one attached hydrogen (secondary N) is 1. The first-order chi connectivity index (χ1) is 7.75. The third-order valence-corrected chi connectivity index (χ3v) is 2.12. The molecule has 5 heteroatoms. The van der Waals surface area contributed by atoms with Crippen LogP contribution in [0.5, 0.6) is 5.75 Å². The number of carbonyl (C=O) groups excluding carboxylic acids is 1. The maximum atomic E-state index is 11.5. The normalized spacial score (nSPS) is 10.0. The average Bonchev–Trinajstić information content (AvgIpc) is 2.81. The number of rotatable bonds is 2. The first-order valence-electron chi connectivity index (χ1n) is 4.80. The van der Waals surface area contributed by atoms with Gasteiger partial charge >= 0.3 is 6.03 Å². The smallest absolute Gasteiger partial charge is 0.327 e. The van der Waals surface area contributed by atoms with Crippen LogP contribution in [0, 0.1) is 0 Å². The molecule has 0 unspecified atom stereocenters. The van der Waals surface area contributed by atoms with E-state index in [2.05, 4.69) is 10.3 Å². The average molecular weight is 217 g/mol. The van der Waals surface area contributed by atoms with E-state index >= 15 is 0 Å². The third kappa shape index (κ3) is 2.38. The maximum Gasteiger partial charge on any atom is 0.327 e. The van der Waals surface area contributed by atoms with Crippen molar-refractivity contribution in [1.29, 1.82) is 0 Å². The van der Waals surface area contributed by atoms with E-state index in [4.69, 9.17) is 5.11 Å². The highest BCUT2D eigenvalue weighted by Gasteiger charge is 2.02. The minimum Gasteiger partial charge on any atom is -0.508 e. The molecule has 1 amide bonds. The van der Waals surface area contributed by atoms with Crippen LogP contribution < -0.4 is 5.32 Å². The van der Waals surface area contributed by atoms with Crippen LogP contribution in [0.4, 0.5) is 4.79 Å². The van der Waals surface area contributed by atoms with Crippen LogP contribution in [-0.4, -0.2) is 20.7 Å². The van der Waals surface area contributed by atoms with E-state index in [1.165, 1.54) is 10.9 Å². The first-order valence-corrected chi connectivity index (χ1v) is 4.80. The molecule has 2 N–H and O–H groups in total. The second-order valence-electron chi connectivity index (χ2n) is 3.30. The Hall–Kier alpha value is -2.30. The molecule has 1 aromatic carbocycles. The van der Waals surface area contributed by atoms with Gasteiger partial charge in [0, 0.05) is 18.9 Å². The predicted molar refractivity (Wildman–Crippen MR) is 58.0 cm³/mol. The molecule has 2 rings (SSSR count). The predicted octanol–water partition coefficient (Wildman–Crippen LogP) is 1.35. The lowest BCUT2D eigenvalue weighted by Gasteiger charge is -2.05. The van der Waals surface area contributed by atoms with Gasteiger partial charge in [0.05, 0.1) is 0 Å². The number of aromatic hydroxyl groups is 1. The van der Waals surface area contributed by atoms with Gasteiger partial charge in [-0.15, -0.1) is 0 Å². The Bertz CT molecular complexity index is 462. The SMILES string of the molecule is O=C(NCc1ccc(O)cc1)n1ccnc1. The molecule has 1 aromatic heterocycles. The number of benzene rings is 1. The molecule has 2 aromatic rings. The van der Waals surface area contributed by atoms with Gasteiger partial charge in [-0.3, -0.25) is 4.57 Å². The van der Waals surface area contributed by atoms with Gasteiger partial charge in [0.1, 0.15) is 12.1 Å². The van der Waals surface area contributed by atoms with Crippen LogP contribution in [0.25, 0.3) is 0 Å². The summed E-state index contributed by atoms with van der Waals surface area (Å²) >= 11 is 0. The molecule has 5 nitrogen and oxygen atoms in total. The number of phenolic OH excluding ortho intramolecular Hbond substituents is 1. The second-order valence-corrected chi connectivity index (χ2v) is 3.30. The van der Waals surface area contributed by atoms with Crippen LogP contribution in [0.2, 0.25) is 0 Å². The van der Waals surface area contributed by atoms with Gasteiger partial charge in [0.15, 0.2) is 0 Å². The molecule has 82 valence electrons. The van der Waals surface area contributed by atoms with Crippen LogP contribution in [-0.2, 0) is 6.54 Å². The summed E-state index contributed by atoms with van der Waals surface area (Å²) in [6.07, 6.45) is 4.55. The van der Waals surface area contributed by atoms with Crippen molar-refractivity contribution in [3.8, 4) is 5.75 Å². The van der Waals surface area contributed by atoms with Crippen LogP contribution >= 0.6 is 0 Å². The van der Waals surface area contributed by atoms with Crippen molar-refractivity contribution >= 4 is 6.03 Å². The molecule has 0 aliphatic rings. The molecule has 0 aliphatic heterocycles. The summed E-state index contributed by atoms with van der Waals surface area (Å²) in [5.74, 6) is 0.213. The summed E-state index contributed by atoms with van der Waals surface area (Å²) in [4.78, 5) is 15.3. The molecule has 0 saturated carbocycles. The molecule has 0 radical (unpaired) electrons. The molecule has 0 atom stereocenters. The zero-order chi connectivity index (χ0) is 11.4. The highest BCUT2D eigenvalue weighted by Crippen LogP contribution is 2.09. The van der Waals surface area contributed by atoms with E-state index in [9.17, 15) is 4.79 Å². The monoisotopic (exact) mass is 217 g/mol. The van der Waals surface area contributed by atoms with Gasteiger partial charge in [0.2, 0.25) is 0 Å². The molecule has 0 aliphatic carbocycles. The number of carbonyl (C=O) groups is 1. The van der Waals surface area contributed by atoms with Crippen LogP contribution in [0.15, 0.2) is 43.0 Å². The molecule has 0 saturated heterocycles. The Morgan fingerprint density at radius 2 is 2.12 bits per heavy atom. The van der Waals surface area contributed by atoms with Crippen molar-refractivity contribution in [3.63, 3.8) is 0 Å². The fraction of sp³-hybridized carbons (Fsp3) is 0.0909. The lowest BCUT2D eigenvalue weighted by Crippen LogP contribution is -2.26. The van der Waals surface area contributed by atoms with Crippen molar-refractivity contribution in [2.75, 3.05) is 0 Å². The summed E-state index contributed by atoms with van der Waals surface area (Å²) in [6, 6.07) is 6.44.